The van der Waals surface area contributed by atoms with Crippen LogP contribution in [0, 0.1) is 17.1 Å². The third-order valence-electron chi connectivity index (χ3n) is 2.03. The highest BCUT2D eigenvalue weighted by Crippen LogP contribution is 2.18. The van der Waals surface area contributed by atoms with Crippen LogP contribution in [0.15, 0.2) is 29.2 Å². The molecule has 0 saturated heterocycles. The van der Waals surface area contributed by atoms with E-state index < -0.39 is 20.9 Å². The Bertz CT molecular complexity index is 490. The number of hydrogen-bond donors (Lipinski definition) is 0. The van der Waals surface area contributed by atoms with E-state index in [0.29, 0.717) is 0 Å². The molecule has 0 N–H and O–H groups in total. The molecule has 0 fully saturated rings. The van der Waals surface area contributed by atoms with Crippen LogP contribution in [0.3, 0.4) is 0 Å². The van der Waals surface area contributed by atoms with E-state index >= 15 is 0 Å². The summed E-state index contributed by atoms with van der Waals surface area (Å²) in [6.45, 7) is 1.43. The molecule has 0 heterocycles. The summed E-state index contributed by atoms with van der Waals surface area (Å²) in [4.78, 5) is -0.0785. The summed E-state index contributed by atoms with van der Waals surface area (Å²) in [7, 11) is -3.59. The van der Waals surface area contributed by atoms with Crippen LogP contribution in [-0.4, -0.2) is 13.7 Å². The van der Waals surface area contributed by atoms with E-state index in [1.54, 1.807) is 6.07 Å². The minimum absolute atomic E-state index is 0.0785. The lowest BCUT2D eigenvalue weighted by atomic mass is 10.3. The van der Waals surface area contributed by atoms with Crippen molar-refractivity contribution in [3.05, 3.63) is 30.1 Å². The zero-order chi connectivity index (χ0) is 11.5. The second-order valence-corrected chi connectivity index (χ2v) is 5.54. The van der Waals surface area contributed by atoms with Gasteiger partial charge in [0.05, 0.1) is 22.6 Å². The predicted octanol–water partition coefficient (Wildman–Crippen LogP) is 1.90. The highest BCUT2D eigenvalue weighted by Gasteiger charge is 2.23. The fourth-order valence-corrected chi connectivity index (χ4v) is 2.42. The van der Waals surface area contributed by atoms with Gasteiger partial charge in [0, 0.05) is 0 Å². The van der Waals surface area contributed by atoms with Gasteiger partial charge in [-0.05, 0) is 25.1 Å². The predicted molar refractivity (Wildman–Crippen MR) is 53.3 cm³/mol. The topological polar surface area (TPSA) is 57.9 Å². The van der Waals surface area contributed by atoms with Gasteiger partial charge >= 0.3 is 0 Å². The maximum absolute atomic E-state index is 12.8. The number of rotatable bonds is 3. The lowest BCUT2D eigenvalue weighted by Gasteiger charge is -2.09. The molecule has 0 aromatic heterocycles. The minimum Gasteiger partial charge on any atom is -0.223 e. The number of benzene rings is 1. The Morgan fingerprint density at radius 3 is 2.73 bits per heavy atom. The van der Waals surface area contributed by atoms with Gasteiger partial charge in [-0.15, -0.1) is 0 Å². The molecular weight excluding hydrogens is 217 g/mol. The molecule has 1 aromatic rings. The molecule has 15 heavy (non-hydrogen) atoms. The number of hydrogen-bond acceptors (Lipinski definition) is 3. The first kappa shape index (κ1) is 11.7. The number of halogens is 1. The van der Waals surface area contributed by atoms with Crippen LogP contribution in [-0.2, 0) is 9.84 Å². The molecule has 0 spiro atoms. The van der Waals surface area contributed by atoms with Crippen LogP contribution in [0.4, 0.5) is 4.39 Å². The van der Waals surface area contributed by atoms with Gasteiger partial charge in [0.25, 0.3) is 0 Å². The number of nitriles is 1. The Morgan fingerprint density at radius 1 is 1.53 bits per heavy atom. The summed E-state index contributed by atoms with van der Waals surface area (Å²) in [6.07, 6.45) is -0.0984. The van der Waals surface area contributed by atoms with Crippen LogP contribution in [0.1, 0.15) is 13.3 Å². The monoisotopic (exact) mass is 227 g/mol. The molecule has 1 rings (SSSR count). The van der Waals surface area contributed by atoms with Crippen LogP contribution < -0.4 is 0 Å². The largest absolute Gasteiger partial charge is 0.223 e. The molecule has 5 heteroatoms. The first-order valence-electron chi connectivity index (χ1n) is 4.35. The van der Waals surface area contributed by atoms with Gasteiger partial charge < -0.3 is 0 Å². The van der Waals surface area contributed by atoms with Crippen molar-refractivity contribution in [1.29, 1.82) is 5.26 Å². The van der Waals surface area contributed by atoms with Crippen molar-refractivity contribution in [2.75, 3.05) is 0 Å². The van der Waals surface area contributed by atoms with E-state index in [1.807, 2.05) is 0 Å². The van der Waals surface area contributed by atoms with Gasteiger partial charge in [0.15, 0.2) is 9.84 Å². The third-order valence-corrected chi connectivity index (χ3v) is 4.17. The van der Waals surface area contributed by atoms with Gasteiger partial charge in [-0.2, -0.15) is 5.26 Å². The van der Waals surface area contributed by atoms with E-state index in [4.69, 9.17) is 5.26 Å². The first-order chi connectivity index (χ1) is 6.98. The quantitative estimate of drug-likeness (QED) is 0.792. The molecular formula is C10H10FNO2S. The molecule has 1 unspecified atom stereocenters. The Hall–Kier alpha value is -1.41. The maximum Gasteiger partial charge on any atom is 0.182 e. The van der Waals surface area contributed by atoms with Crippen LogP contribution in [0.5, 0.6) is 0 Å². The summed E-state index contributed by atoms with van der Waals surface area (Å²) in [5.74, 6) is -0.597. The molecule has 0 aliphatic rings. The van der Waals surface area contributed by atoms with Crippen LogP contribution in [0.25, 0.3) is 0 Å². The molecule has 80 valence electrons. The van der Waals surface area contributed by atoms with Crippen molar-refractivity contribution >= 4 is 9.84 Å². The van der Waals surface area contributed by atoms with Crippen LogP contribution in [0.2, 0.25) is 0 Å². The fourth-order valence-electron chi connectivity index (χ4n) is 1.11. The normalized spacial score (nSPS) is 13.1. The van der Waals surface area contributed by atoms with Gasteiger partial charge in [0.2, 0.25) is 0 Å². The highest BCUT2D eigenvalue weighted by molar-refractivity contribution is 7.92. The summed E-state index contributed by atoms with van der Waals surface area (Å²) in [5.41, 5.74) is 0. The molecule has 0 saturated carbocycles. The van der Waals surface area contributed by atoms with E-state index in [1.165, 1.54) is 25.1 Å². The Kier molecular flexibility index (Phi) is 3.43. The van der Waals surface area contributed by atoms with Gasteiger partial charge in [-0.25, -0.2) is 12.8 Å². The second-order valence-electron chi connectivity index (χ2n) is 3.18. The van der Waals surface area contributed by atoms with Crippen molar-refractivity contribution in [1.82, 2.24) is 0 Å². The van der Waals surface area contributed by atoms with E-state index in [0.717, 1.165) is 6.07 Å². The molecule has 0 aliphatic heterocycles. The molecule has 0 aliphatic carbocycles. The van der Waals surface area contributed by atoms with Gasteiger partial charge in [-0.3, -0.25) is 0 Å². The van der Waals surface area contributed by atoms with E-state index in [2.05, 4.69) is 0 Å². The number of nitrogens with zero attached hydrogens (tertiary/aromatic N) is 1. The number of sulfone groups is 1. The molecule has 0 radical (unpaired) electrons. The minimum atomic E-state index is -3.59. The molecule has 3 nitrogen and oxygen atoms in total. The Balaban J connectivity index is 3.13. The van der Waals surface area contributed by atoms with Crippen molar-refractivity contribution in [2.45, 2.75) is 23.5 Å². The molecule has 1 atom stereocenters. The lowest BCUT2D eigenvalue weighted by molar-refractivity contribution is 0.580. The summed E-state index contributed by atoms with van der Waals surface area (Å²) < 4.78 is 36.3. The average molecular weight is 227 g/mol. The van der Waals surface area contributed by atoms with Gasteiger partial charge in [0.1, 0.15) is 5.82 Å². The van der Waals surface area contributed by atoms with Crippen molar-refractivity contribution in [3.63, 3.8) is 0 Å². The van der Waals surface area contributed by atoms with Crippen LogP contribution >= 0.6 is 0 Å². The van der Waals surface area contributed by atoms with Gasteiger partial charge in [-0.1, -0.05) is 6.07 Å². The Labute approximate surface area is 88.1 Å². The average Bonchev–Trinajstić information content (AvgIpc) is 2.18. The van der Waals surface area contributed by atoms with Crippen molar-refractivity contribution < 1.29 is 12.8 Å². The molecule has 0 amide bonds. The SMILES string of the molecule is CC(CC#N)S(=O)(=O)c1cccc(F)c1. The van der Waals surface area contributed by atoms with E-state index in [-0.39, 0.29) is 11.3 Å². The third kappa shape index (κ3) is 2.54. The summed E-state index contributed by atoms with van der Waals surface area (Å²) >= 11 is 0. The van der Waals surface area contributed by atoms with Crippen molar-refractivity contribution in [3.8, 4) is 6.07 Å². The standard InChI is InChI=1S/C10H10FNO2S/c1-8(5-6-12)15(13,14)10-4-2-3-9(11)7-10/h2-4,7-8H,5H2,1H3. The smallest absolute Gasteiger partial charge is 0.182 e. The molecule has 0 bridgehead atoms. The highest BCUT2D eigenvalue weighted by atomic mass is 32.2. The fraction of sp³-hybridized carbons (Fsp3) is 0.300. The zero-order valence-corrected chi connectivity index (χ0v) is 8.96. The lowest BCUT2D eigenvalue weighted by Crippen LogP contribution is -2.17. The summed E-state index contributed by atoms with van der Waals surface area (Å²) in [6, 6.07) is 6.58. The Morgan fingerprint density at radius 2 is 2.20 bits per heavy atom. The zero-order valence-electron chi connectivity index (χ0n) is 8.14. The van der Waals surface area contributed by atoms with Crippen molar-refractivity contribution in [2.24, 2.45) is 0 Å². The first-order valence-corrected chi connectivity index (χ1v) is 5.89. The summed E-state index contributed by atoms with van der Waals surface area (Å²) in [5, 5.41) is 7.60. The maximum atomic E-state index is 12.8. The van der Waals surface area contributed by atoms with E-state index in [9.17, 15) is 12.8 Å². The second kappa shape index (κ2) is 4.41. The molecule has 1 aromatic carbocycles.